The maximum absolute atomic E-state index is 12.1. The van der Waals surface area contributed by atoms with E-state index in [2.05, 4.69) is 41.8 Å². The van der Waals surface area contributed by atoms with Crippen LogP contribution >= 0.6 is 15.9 Å². The number of hydrogen-bond donors (Lipinski definition) is 3. The normalized spacial score (nSPS) is 11.0. The van der Waals surface area contributed by atoms with Crippen LogP contribution in [0.4, 0.5) is 33.6 Å². The maximum Gasteiger partial charge on any atom is 0.412 e. The highest BCUT2D eigenvalue weighted by molar-refractivity contribution is 9.10. The van der Waals surface area contributed by atoms with E-state index in [1.165, 1.54) is 0 Å². The number of carbonyl (C=O) groups excluding carboxylic acids is 1. The molecule has 0 aliphatic carbocycles. The van der Waals surface area contributed by atoms with Crippen molar-refractivity contribution in [2.75, 3.05) is 36.3 Å². The average molecular weight is 530 g/mol. The lowest BCUT2D eigenvalue weighted by Gasteiger charge is -2.19. The highest BCUT2D eigenvalue weighted by Crippen LogP contribution is 2.27. The van der Waals surface area contributed by atoms with Crippen LogP contribution in [0.5, 0.6) is 5.75 Å². The third kappa shape index (κ3) is 8.20. The minimum Gasteiger partial charge on any atom is -0.491 e. The Labute approximate surface area is 207 Å². The summed E-state index contributed by atoms with van der Waals surface area (Å²) in [6.45, 7) is 6.46. The fourth-order valence-corrected chi connectivity index (χ4v) is 3.04. The van der Waals surface area contributed by atoms with Crippen molar-refractivity contribution in [3.8, 4) is 5.75 Å². The van der Waals surface area contributed by atoms with Crippen LogP contribution in [-0.2, 0) is 9.47 Å². The minimum atomic E-state index is -0.577. The van der Waals surface area contributed by atoms with Crippen molar-refractivity contribution in [3.05, 3.63) is 59.2 Å². The minimum absolute atomic E-state index is 0.418. The smallest absolute Gasteiger partial charge is 0.412 e. The average Bonchev–Trinajstić information content (AvgIpc) is 2.76. The molecule has 0 fully saturated rings. The molecule has 34 heavy (non-hydrogen) atoms. The molecule has 10 heteroatoms. The van der Waals surface area contributed by atoms with E-state index >= 15 is 0 Å². The molecule has 0 radical (unpaired) electrons. The lowest BCUT2D eigenvalue weighted by Crippen LogP contribution is -2.27. The maximum atomic E-state index is 12.1. The fourth-order valence-electron chi connectivity index (χ4n) is 2.75. The van der Waals surface area contributed by atoms with E-state index < -0.39 is 11.7 Å². The summed E-state index contributed by atoms with van der Waals surface area (Å²) in [6, 6.07) is 14.7. The zero-order valence-electron chi connectivity index (χ0n) is 19.5. The Balaban J connectivity index is 1.66. The molecule has 0 unspecified atom stereocenters. The van der Waals surface area contributed by atoms with E-state index in [4.69, 9.17) is 14.2 Å². The molecule has 0 saturated heterocycles. The van der Waals surface area contributed by atoms with Crippen molar-refractivity contribution < 1.29 is 19.0 Å². The number of anilines is 5. The monoisotopic (exact) mass is 529 g/mol. The van der Waals surface area contributed by atoms with Crippen LogP contribution in [0.1, 0.15) is 20.8 Å². The summed E-state index contributed by atoms with van der Waals surface area (Å²) in [5.74, 6) is 1.73. The van der Waals surface area contributed by atoms with E-state index in [1.54, 1.807) is 25.4 Å². The van der Waals surface area contributed by atoms with Crippen molar-refractivity contribution in [1.82, 2.24) is 9.97 Å². The number of rotatable bonds is 9. The summed E-state index contributed by atoms with van der Waals surface area (Å²) >= 11 is 3.47. The van der Waals surface area contributed by atoms with Crippen LogP contribution in [-0.4, -0.2) is 42.0 Å². The number of halogens is 1. The number of carbonyl (C=O) groups is 1. The van der Waals surface area contributed by atoms with E-state index in [0.29, 0.717) is 35.1 Å². The van der Waals surface area contributed by atoms with Gasteiger partial charge in [0.1, 0.15) is 23.8 Å². The Hall–Kier alpha value is -3.37. The van der Waals surface area contributed by atoms with Crippen molar-refractivity contribution in [3.63, 3.8) is 0 Å². The van der Waals surface area contributed by atoms with Crippen molar-refractivity contribution in [1.29, 1.82) is 0 Å². The van der Waals surface area contributed by atoms with Crippen molar-refractivity contribution >= 4 is 50.9 Å². The topological polar surface area (TPSA) is 107 Å². The lowest BCUT2D eigenvalue weighted by atomic mass is 10.2. The first-order valence-electron chi connectivity index (χ1n) is 10.6. The second-order valence-corrected chi connectivity index (χ2v) is 9.07. The molecule has 3 N–H and O–H groups in total. The molecule has 2 aromatic carbocycles. The largest absolute Gasteiger partial charge is 0.491 e. The van der Waals surface area contributed by atoms with Gasteiger partial charge in [-0.1, -0.05) is 6.07 Å². The molecule has 180 valence electrons. The van der Waals surface area contributed by atoms with Gasteiger partial charge in [0.25, 0.3) is 0 Å². The van der Waals surface area contributed by atoms with Gasteiger partial charge in [-0.3, -0.25) is 5.32 Å². The van der Waals surface area contributed by atoms with Gasteiger partial charge in [0.2, 0.25) is 5.95 Å². The quantitative estimate of drug-likeness (QED) is 0.285. The van der Waals surface area contributed by atoms with Crippen LogP contribution in [0.2, 0.25) is 0 Å². The van der Waals surface area contributed by atoms with Crippen LogP contribution in [0.15, 0.2) is 59.2 Å². The van der Waals surface area contributed by atoms with Crippen LogP contribution in [0.25, 0.3) is 0 Å². The van der Waals surface area contributed by atoms with Crippen molar-refractivity contribution in [2.24, 2.45) is 0 Å². The number of benzene rings is 2. The van der Waals surface area contributed by atoms with Gasteiger partial charge in [0, 0.05) is 30.4 Å². The molecule has 3 rings (SSSR count). The summed E-state index contributed by atoms with van der Waals surface area (Å²) in [7, 11) is 1.63. The Morgan fingerprint density at radius 2 is 1.74 bits per heavy atom. The fraction of sp³-hybridized carbons (Fsp3) is 0.292. The molecule has 1 aromatic heterocycles. The Kier molecular flexibility index (Phi) is 8.67. The van der Waals surface area contributed by atoms with E-state index in [1.807, 2.05) is 57.2 Å². The molecule has 0 aliphatic heterocycles. The number of ether oxygens (including phenoxy) is 3. The number of hydrogen-bond acceptors (Lipinski definition) is 8. The first-order valence-corrected chi connectivity index (χ1v) is 11.4. The Morgan fingerprint density at radius 3 is 2.44 bits per heavy atom. The third-order valence-electron chi connectivity index (χ3n) is 4.18. The van der Waals surface area contributed by atoms with Crippen LogP contribution < -0.4 is 20.7 Å². The van der Waals surface area contributed by atoms with Crippen molar-refractivity contribution in [2.45, 2.75) is 26.4 Å². The zero-order valence-corrected chi connectivity index (χ0v) is 21.1. The van der Waals surface area contributed by atoms with Gasteiger partial charge < -0.3 is 24.8 Å². The lowest BCUT2D eigenvalue weighted by molar-refractivity contribution is 0.0636. The summed E-state index contributed by atoms with van der Waals surface area (Å²) in [5, 5.41) is 9.14. The molecule has 1 heterocycles. The third-order valence-corrected chi connectivity index (χ3v) is 4.76. The summed E-state index contributed by atoms with van der Waals surface area (Å²) in [4.78, 5) is 20.9. The number of nitrogens with one attached hydrogen (secondary N) is 3. The molecule has 0 aliphatic rings. The number of aromatic nitrogens is 2. The van der Waals surface area contributed by atoms with Gasteiger partial charge >= 0.3 is 6.09 Å². The zero-order chi connectivity index (χ0) is 24.6. The van der Waals surface area contributed by atoms with Gasteiger partial charge in [-0.2, -0.15) is 4.98 Å². The highest BCUT2D eigenvalue weighted by Gasteiger charge is 2.16. The SMILES string of the molecule is COCCOc1ccc(Nc2ncc(Br)c(Nc3cccc(NC(=O)OC(C)(C)C)c3)n2)cc1. The Morgan fingerprint density at radius 1 is 1.00 bits per heavy atom. The van der Waals surface area contributed by atoms with Gasteiger partial charge in [0.15, 0.2) is 0 Å². The van der Waals surface area contributed by atoms with Gasteiger partial charge in [-0.05, 0) is 79.2 Å². The first kappa shape index (κ1) is 25.3. The predicted molar refractivity (Wildman–Crippen MR) is 136 cm³/mol. The van der Waals surface area contributed by atoms with Gasteiger partial charge in [0.05, 0.1) is 11.1 Å². The summed E-state index contributed by atoms with van der Waals surface area (Å²) in [6.07, 6.45) is 1.14. The summed E-state index contributed by atoms with van der Waals surface area (Å²) < 4.78 is 16.5. The number of amides is 1. The molecule has 9 nitrogen and oxygen atoms in total. The summed E-state index contributed by atoms with van der Waals surface area (Å²) in [5.41, 5.74) is 1.56. The number of methoxy groups -OCH3 is 1. The van der Waals surface area contributed by atoms with Crippen LogP contribution in [0, 0.1) is 0 Å². The molecule has 0 saturated carbocycles. The predicted octanol–water partition coefficient (Wildman–Crippen LogP) is 6.10. The van der Waals surface area contributed by atoms with Gasteiger partial charge in [-0.25, -0.2) is 9.78 Å². The molecule has 0 atom stereocenters. The van der Waals surface area contributed by atoms with E-state index in [-0.39, 0.29) is 0 Å². The Bertz CT molecular complexity index is 1100. The van der Waals surface area contributed by atoms with Crippen LogP contribution in [0.3, 0.4) is 0 Å². The van der Waals surface area contributed by atoms with Gasteiger partial charge in [-0.15, -0.1) is 0 Å². The first-order chi connectivity index (χ1) is 16.2. The van der Waals surface area contributed by atoms with E-state index in [9.17, 15) is 4.79 Å². The molecular weight excluding hydrogens is 502 g/mol. The molecule has 0 bridgehead atoms. The molecule has 1 amide bonds. The highest BCUT2D eigenvalue weighted by atomic mass is 79.9. The standard InChI is InChI=1S/C24H28BrN5O4/c1-24(2,3)34-23(31)29-18-7-5-6-17(14-18)27-21-20(25)15-26-22(30-21)28-16-8-10-19(11-9-16)33-13-12-32-4/h5-11,14-15H,12-13H2,1-4H3,(H,29,31)(H2,26,27,28,30). The molecule has 0 spiro atoms. The number of nitrogens with zero attached hydrogens (tertiary/aromatic N) is 2. The second kappa shape index (κ2) is 11.7. The second-order valence-electron chi connectivity index (χ2n) is 8.21. The van der Waals surface area contributed by atoms with E-state index in [0.717, 1.165) is 17.1 Å². The molecular formula is C24H28BrN5O4. The molecule has 3 aromatic rings.